The number of nitrogens with zero attached hydrogens (tertiary/aromatic N) is 2. The van der Waals surface area contributed by atoms with Crippen LogP contribution in [0.25, 0.3) is 32.7 Å². The van der Waals surface area contributed by atoms with Crippen molar-refractivity contribution in [3.05, 3.63) is 167 Å². The van der Waals surface area contributed by atoms with E-state index in [0.29, 0.717) is 11.8 Å². The van der Waals surface area contributed by atoms with Crippen LogP contribution in [0.3, 0.4) is 0 Å². The van der Waals surface area contributed by atoms with Crippen molar-refractivity contribution in [2.75, 3.05) is 9.80 Å². The lowest BCUT2D eigenvalue weighted by molar-refractivity contribution is 0.704. The molecule has 2 heteroatoms. The van der Waals surface area contributed by atoms with Crippen molar-refractivity contribution in [3.63, 3.8) is 0 Å². The zero-order valence-corrected chi connectivity index (χ0v) is 32.2. The molecule has 7 rings (SSSR count). The Kier molecular flexibility index (Phi) is 10.4. The average molecular weight is 683 g/mol. The Balaban J connectivity index is 1.45. The van der Waals surface area contributed by atoms with E-state index in [1.54, 1.807) is 0 Å². The molecule has 0 fully saturated rings. The maximum atomic E-state index is 2.61. The van der Waals surface area contributed by atoms with E-state index in [-0.39, 0.29) is 6.04 Å². The summed E-state index contributed by atoms with van der Waals surface area (Å²) >= 11 is 0. The molecule has 0 radical (unpaired) electrons. The fourth-order valence-electron chi connectivity index (χ4n) is 8.18. The summed E-state index contributed by atoms with van der Waals surface area (Å²) in [6, 6.07) is 23.3. The Hall–Kier alpha value is -5.08. The Morgan fingerprint density at radius 2 is 1.23 bits per heavy atom. The van der Waals surface area contributed by atoms with Crippen LogP contribution in [0, 0.1) is 25.7 Å². The van der Waals surface area contributed by atoms with E-state index in [4.69, 9.17) is 0 Å². The smallest absolute Gasteiger partial charge is 0.0569 e. The van der Waals surface area contributed by atoms with Crippen molar-refractivity contribution in [1.82, 2.24) is 0 Å². The molecule has 0 saturated carbocycles. The zero-order valence-electron chi connectivity index (χ0n) is 32.2. The Labute approximate surface area is 312 Å². The standard InChI is InChI=1S/C50H54N2/c1-8-10-15-39(9-2)51(40-26-20-34(3)21-27-40)49-37(6)32-47(43-16-11-13-18-45(43)49)48-33-38(7)50(46-19-14-12-17-44(46)48)52(41-28-22-35(4)23-29-41)42-30-24-36(5)25-31-42/h9-20,22-24,26-28,30-34,36,41H,8,21,25,29H2,1-7H3/b15-10-,39-9+. The molecule has 0 spiro atoms. The van der Waals surface area contributed by atoms with Crippen LogP contribution in [0.1, 0.15) is 71.4 Å². The molecule has 0 aliphatic heterocycles. The molecule has 0 N–H and O–H groups in total. The number of aryl methyl sites for hydroxylation is 2. The first-order valence-corrected chi connectivity index (χ1v) is 19.4. The minimum absolute atomic E-state index is 0.253. The number of benzene rings is 4. The van der Waals surface area contributed by atoms with Gasteiger partial charge in [-0.05, 0) is 129 Å². The van der Waals surface area contributed by atoms with Crippen LogP contribution >= 0.6 is 0 Å². The molecule has 3 unspecified atom stereocenters. The van der Waals surface area contributed by atoms with E-state index in [9.17, 15) is 0 Å². The first-order valence-electron chi connectivity index (χ1n) is 19.4. The molecule has 4 aromatic rings. The highest BCUT2D eigenvalue weighted by atomic mass is 15.2. The highest BCUT2D eigenvalue weighted by Gasteiger charge is 2.27. The number of anilines is 2. The summed E-state index contributed by atoms with van der Waals surface area (Å²) in [6.07, 6.45) is 32.2. The number of hydrogen-bond donors (Lipinski definition) is 0. The van der Waals surface area contributed by atoms with E-state index >= 15 is 0 Å². The van der Waals surface area contributed by atoms with Gasteiger partial charge in [0.2, 0.25) is 0 Å². The topological polar surface area (TPSA) is 6.48 Å². The van der Waals surface area contributed by atoms with Crippen LogP contribution in [0.15, 0.2) is 156 Å². The monoisotopic (exact) mass is 682 g/mol. The van der Waals surface area contributed by atoms with Crippen LogP contribution in [-0.2, 0) is 0 Å². The van der Waals surface area contributed by atoms with E-state index in [1.165, 1.54) is 77.8 Å². The fourth-order valence-corrected chi connectivity index (χ4v) is 8.18. The quantitative estimate of drug-likeness (QED) is 0.162. The predicted octanol–water partition coefficient (Wildman–Crippen LogP) is 14.0. The molecule has 4 aromatic carbocycles. The summed E-state index contributed by atoms with van der Waals surface area (Å²) in [5.74, 6) is 1.11. The lowest BCUT2D eigenvalue weighted by atomic mass is 9.88. The van der Waals surface area contributed by atoms with Gasteiger partial charge in [0.1, 0.15) is 0 Å². The van der Waals surface area contributed by atoms with E-state index in [2.05, 4.69) is 192 Å². The molecular formula is C50H54N2. The molecule has 3 aliphatic carbocycles. The molecule has 264 valence electrons. The van der Waals surface area contributed by atoms with E-state index in [1.807, 2.05) is 0 Å². The second-order valence-electron chi connectivity index (χ2n) is 15.0. The van der Waals surface area contributed by atoms with Crippen molar-refractivity contribution in [1.29, 1.82) is 0 Å². The third kappa shape index (κ3) is 6.80. The van der Waals surface area contributed by atoms with Crippen LogP contribution in [0.4, 0.5) is 11.4 Å². The molecule has 0 bridgehead atoms. The SMILES string of the molecule is C/C=C(\C=C/CC)N(C1=CCC(C)C=C1)c1c(C)cc(-c2cc(C)c(N(C3=CCC(C)C=C3)C3C=CC(C)=CC3)c3ccccc23)c2ccccc12. The lowest BCUT2D eigenvalue weighted by Gasteiger charge is -2.37. The molecule has 2 nitrogen and oxygen atoms in total. The van der Waals surface area contributed by atoms with Gasteiger partial charge in [-0.25, -0.2) is 0 Å². The van der Waals surface area contributed by atoms with Crippen LogP contribution < -0.4 is 9.80 Å². The number of rotatable bonds is 9. The van der Waals surface area contributed by atoms with Gasteiger partial charge in [-0.3, -0.25) is 0 Å². The summed E-state index contributed by atoms with van der Waals surface area (Å²) < 4.78 is 0. The van der Waals surface area contributed by atoms with E-state index < -0.39 is 0 Å². The highest BCUT2D eigenvalue weighted by Crippen LogP contribution is 2.46. The maximum absolute atomic E-state index is 2.61. The molecule has 0 amide bonds. The van der Waals surface area contributed by atoms with Gasteiger partial charge >= 0.3 is 0 Å². The van der Waals surface area contributed by atoms with Gasteiger partial charge in [0.15, 0.2) is 0 Å². The molecular weight excluding hydrogens is 629 g/mol. The van der Waals surface area contributed by atoms with Gasteiger partial charge in [0, 0.05) is 27.9 Å². The normalized spacial score (nSPS) is 20.4. The van der Waals surface area contributed by atoms with Crippen LogP contribution in [0.2, 0.25) is 0 Å². The van der Waals surface area contributed by atoms with Gasteiger partial charge < -0.3 is 9.80 Å². The van der Waals surface area contributed by atoms with Gasteiger partial charge in [-0.15, -0.1) is 0 Å². The van der Waals surface area contributed by atoms with Gasteiger partial charge in [0.25, 0.3) is 0 Å². The van der Waals surface area contributed by atoms with Crippen LogP contribution in [-0.4, -0.2) is 6.04 Å². The lowest BCUT2D eigenvalue weighted by Crippen LogP contribution is -2.34. The van der Waals surface area contributed by atoms with Crippen molar-refractivity contribution < 1.29 is 0 Å². The first-order chi connectivity index (χ1) is 25.3. The summed E-state index contributed by atoms with van der Waals surface area (Å²) in [5, 5.41) is 5.12. The number of fused-ring (bicyclic) bond motifs is 2. The highest BCUT2D eigenvalue weighted by molar-refractivity contribution is 6.13. The molecule has 3 aliphatic rings. The van der Waals surface area contributed by atoms with Crippen LogP contribution in [0.5, 0.6) is 0 Å². The molecule has 0 heterocycles. The number of allylic oxidation sites excluding steroid dienone is 11. The third-order valence-electron chi connectivity index (χ3n) is 11.0. The molecule has 3 atom stereocenters. The average Bonchev–Trinajstić information content (AvgIpc) is 3.16. The second kappa shape index (κ2) is 15.3. The molecule has 0 saturated heterocycles. The largest absolute Gasteiger partial charge is 0.334 e. The first kappa shape index (κ1) is 35.3. The van der Waals surface area contributed by atoms with Crippen molar-refractivity contribution in [2.45, 2.75) is 80.2 Å². The molecule has 52 heavy (non-hydrogen) atoms. The Bertz CT molecular complexity index is 2240. The molecule has 0 aromatic heterocycles. The third-order valence-corrected chi connectivity index (χ3v) is 11.0. The minimum Gasteiger partial charge on any atom is -0.334 e. The predicted molar refractivity (Wildman–Crippen MR) is 228 cm³/mol. The van der Waals surface area contributed by atoms with Gasteiger partial charge in [-0.1, -0.05) is 130 Å². The zero-order chi connectivity index (χ0) is 36.4. The second-order valence-corrected chi connectivity index (χ2v) is 15.0. The number of hydrogen-bond acceptors (Lipinski definition) is 2. The maximum Gasteiger partial charge on any atom is 0.0569 e. The summed E-state index contributed by atoms with van der Waals surface area (Å²) in [5.41, 5.74) is 12.7. The summed E-state index contributed by atoms with van der Waals surface area (Å²) in [7, 11) is 0. The summed E-state index contributed by atoms with van der Waals surface area (Å²) in [6.45, 7) is 15.8. The van der Waals surface area contributed by atoms with Crippen molar-refractivity contribution >= 4 is 32.9 Å². The fraction of sp³-hybridized carbons (Fsp3) is 0.280. The minimum atomic E-state index is 0.253. The summed E-state index contributed by atoms with van der Waals surface area (Å²) in [4.78, 5) is 5.10. The van der Waals surface area contributed by atoms with Crippen molar-refractivity contribution in [2.24, 2.45) is 11.8 Å². The van der Waals surface area contributed by atoms with Crippen molar-refractivity contribution in [3.8, 4) is 11.1 Å². The Morgan fingerprint density at radius 3 is 1.75 bits per heavy atom. The van der Waals surface area contributed by atoms with E-state index in [0.717, 1.165) is 25.7 Å². The van der Waals surface area contributed by atoms with Gasteiger partial charge in [0.05, 0.1) is 17.4 Å². The van der Waals surface area contributed by atoms with Gasteiger partial charge in [-0.2, -0.15) is 0 Å². The Morgan fingerprint density at radius 1 is 0.673 bits per heavy atom.